The minimum absolute atomic E-state index is 0.167. The summed E-state index contributed by atoms with van der Waals surface area (Å²) in [6.45, 7) is 4.05. The Morgan fingerprint density at radius 3 is 2.83 bits per heavy atom. The normalized spacial score (nSPS) is 12.6. The van der Waals surface area contributed by atoms with Crippen LogP contribution in [0.5, 0.6) is 5.75 Å². The Morgan fingerprint density at radius 1 is 1.26 bits per heavy atom. The van der Waals surface area contributed by atoms with Crippen LogP contribution in [0.15, 0.2) is 62.6 Å². The number of aromatic nitrogens is 1. The Morgan fingerprint density at radius 2 is 2.13 bits per heavy atom. The molecule has 1 N–H and O–H groups in total. The molecule has 0 atom stereocenters. The first-order valence-corrected chi connectivity index (χ1v) is 8.13. The van der Waals surface area contributed by atoms with Crippen molar-refractivity contribution in [3.05, 3.63) is 58.4 Å². The molecule has 1 aromatic carbocycles. The lowest BCUT2D eigenvalue weighted by atomic mass is 10.2. The Balaban J connectivity index is 2.07. The number of nitrogens with zero attached hydrogens (tertiary/aromatic N) is 3. The SMILES string of the molecule is CC(C)N=c1scc(-c2ccco2)n1N=Cc1cccc(O)c1. The molecule has 23 heavy (non-hydrogen) atoms. The van der Waals surface area contributed by atoms with E-state index in [1.807, 2.05) is 37.4 Å². The molecule has 6 heteroatoms. The number of furan rings is 1. The molecular formula is C17H17N3O2S. The second-order valence-electron chi connectivity index (χ2n) is 5.26. The molecule has 0 saturated carbocycles. The van der Waals surface area contributed by atoms with Gasteiger partial charge < -0.3 is 9.52 Å². The molecule has 0 amide bonds. The maximum atomic E-state index is 9.55. The number of thiazole rings is 1. The zero-order chi connectivity index (χ0) is 16.2. The van der Waals surface area contributed by atoms with Crippen LogP contribution in [0.1, 0.15) is 19.4 Å². The second kappa shape index (κ2) is 6.66. The largest absolute Gasteiger partial charge is 0.508 e. The molecule has 0 radical (unpaired) electrons. The maximum Gasteiger partial charge on any atom is 0.206 e. The number of rotatable bonds is 4. The minimum Gasteiger partial charge on any atom is -0.508 e. The predicted octanol–water partition coefficient (Wildman–Crippen LogP) is 3.71. The van der Waals surface area contributed by atoms with E-state index in [9.17, 15) is 5.11 Å². The van der Waals surface area contributed by atoms with E-state index in [1.165, 1.54) is 11.3 Å². The van der Waals surface area contributed by atoms with Crippen molar-refractivity contribution in [2.75, 3.05) is 0 Å². The summed E-state index contributed by atoms with van der Waals surface area (Å²) in [6.07, 6.45) is 3.33. The highest BCUT2D eigenvalue weighted by atomic mass is 32.1. The Kier molecular flexibility index (Phi) is 4.43. The number of hydrogen-bond donors (Lipinski definition) is 1. The fourth-order valence-electron chi connectivity index (χ4n) is 2.05. The summed E-state index contributed by atoms with van der Waals surface area (Å²) in [6, 6.07) is 10.8. The summed E-state index contributed by atoms with van der Waals surface area (Å²) >= 11 is 1.51. The Hall–Kier alpha value is -2.60. The number of phenols is 1. The van der Waals surface area contributed by atoms with Crippen LogP contribution in [-0.2, 0) is 0 Å². The number of phenolic OH excluding ortho intramolecular Hbond substituents is 1. The molecular weight excluding hydrogens is 310 g/mol. The van der Waals surface area contributed by atoms with Crippen LogP contribution in [0.25, 0.3) is 11.5 Å². The topological polar surface area (TPSA) is 63.0 Å². The highest BCUT2D eigenvalue weighted by Gasteiger charge is 2.10. The molecule has 3 rings (SSSR count). The van der Waals surface area contributed by atoms with Crippen molar-refractivity contribution in [2.24, 2.45) is 10.1 Å². The van der Waals surface area contributed by atoms with Crippen LogP contribution in [-0.4, -0.2) is 22.0 Å². The van der Waals surface area contributed by atoms with Crippen LogP contribution < -0.4 is 4.80 Å². The lowest BCUT2D eigenvalue weighted by Gasteiger charge is -2.01. The monoisotopic (exact) mass is 327 g/mol. The molecule has 0 unspecified atom stereocenters. The second-order valence-corrected chi connectivity index (χ2v) is 6.09. The summed E-state index contributed by atoms with van der Waals surface area (Å²) in [5.74, 6) is 0.946. The summed E-state index contributed by atoms with van der Waals surface area (Å²) in [5, 5.41) is 16.0. The standard InChI is InChI=1S/C17H17N3O2S/c1-12(2)19-17-20(15(11-23-17)16-7-4-8-22-16)18-10-13-5-3-6-14(21)9-13/h3-12,21H,1-2H3. The van der Waals surface area contributed by atoms with E-state index in [4.69, 9.17) is 4.42 Å². The first-order valence-electron chi connectivity index (χ1n) is 7.25. The number of benzene rings is 1. The molecule has 0 saturated heterocycles. The van der Waals surface area contributed by atoms with Crippen LogP contribution in [0.4, 0.5) is 0 Å². The average Bonchev–Trinajstić information content (AvgIpc) is 3.14. The molecule has 0 aliphatic carbocycles. The lowest BCUT2D eigenvalue weighted by molar-refractivity contribution is 0.475. The number of aromatic hydroxyl groups is 1. The Labute approximate surface area is 137 Å². The van der Waals surface area contributed by atoms with Crippen molar-refractivity contribution in [2.45, 2.75) is 19.9 Å². The van der Waals surface area contributed by atoms with E-state index in [0.717, 1.165) is 21.8 Å². The fourth-order valence-corrected chi connectivity index (χ4v) is 3.00. The molecule has 0 fully saturated rings. The summed E-state index contributed by atoms with van der Waals surface area (Å²) in [7, 11) is 0. The van der Waals surface area contributed by atoms with E-state index in [2.05, 4.69) is 10.1 Å². The third kappa shape index (κ3) is 3.60. The van der Waals surface area contributed by atoms with Gasteiger partial charge in [0.15, 0.2) is 5.76 Å². The van der Waals surface area contributed by atoms with E-state index < -0.39 is 0 Å². The molecule has 0 bridgehead atoms. The predicted molar refractivity (Wildman–Crippen MR) is 91.8 cm³/mol. The molecule has 3 aromatic rings. The molecule has 0 aliphatic heterocycles. The summed E-state index contributed by atoms with van der Waals surface area (Å²) < 4.78 is 7.24. The third-order valence-electron chi connectivity index (χ3n) is 3.02. The van der Waals surface area contributed by atoms with Gasteiger partial charge in [-0.2, -0.15) is 5.10 Å². The molecule has 0 spiro atoms. The van der Waals surface area contributed by atoms with Gasteiger partial charge in [-0.1, -0.05) is 12.1 Å². The summed E-state index contributed by atoms with van der Waals surface area (Å²) in [5.41, 5.74) is 1.65. The van der Waals surface area contributed by atoms with E-state index >= 15 is 0 Å². The van der Waals surface area contributed by atoms with Gasteiger partial charge in [-0.15, -0.1) is 11.3 Å². The van der Waals surface area contributed by atoms with Gasteiger partial charge in [0, 0.05) is 11.4 Å². The van der Waals surface area contributed by atoms with Crippen LogP contribution in [0.3, 0.4) is 0 Å². The maximum absolute atomic E-state index is 9.55. The van der Waals surface area contributed by atoms with Gasteiger partial charge in [0.25, 0.3) is 0 Å². The van der Waals surface area contributed by atoms with Gasteiger partial charge in [-0.25, -0.2) is 4.68 Å². The van der Waals surface area contributed by atoms with Crippen molar-refractivity contribution in [3.63, 3.8) is 0 Å². The van der Waals surface area contributed by atoms with E-state index in [1.54, 1.807) is 35.4 Å². The van der Waals surface area contributed by atoms with Crippen LogP contribution in [0, 0.1) is 0 Å². The average molecular weight is 327 g/mol. The molecule has 0 aliphatic rings. The van der Waals surface area contributed by atoms with Gasteiger partial charge in [0.1, 0.15) is 11.4 Å². The Bertz CT molecular complexity index is 873. The van der Waals surface area contributed by atoms with E-state index in [-0.39, 0.29) is 11.8 Å². The fraction of sp³-hybridized carbons (Fsp3) is 0.176. The van der Waals surface area contributed by atoms with Gasteiger partial charge in [0.2, 0.25) is 4.80 Å². The van der Waals surface area contributed by atoms with Gasteiger partial charge in [0.05, 0.1) is 12.5 Å². The zero-order valence-corrected chi connectivity index (χ0v) is 13.7. The van der Waals surface area contributed by atoms with Gasteiger partial charge in [-0.05, 0) is 43.7 Å². The van der Waals surface area contributed by atoms with Crippen molar-refractivity contribution >= 4 is 17.6 Å². The van der Waals surface area contributed by atoms with E-state index in [0.29, 0.717) is 0 Å². The molecule has 5 nitrogen and oxygen atoms in total. The minimum atomic E-state index is 0.167. The highest BCUT2D eigenvalue weighted by Crippen LogP contribution is 2.20. The first-order chi connectivity index (χ1) is 11.1. The quantitative estimate of drug-likeness (QED) is 0.743. The first kappa shape index (κ1) is 15.3. The molecule has 118 valence electrons. The van der Waals surface area contributed by atoms with Crippen molar-refractivity contribution in [1.29, 1.82) is 0 Å². The number of hydrogen-bond acceptors (Lipinski definition) is 5. The molecule has 2 heterocycles. The van der Waals surface area contributed by atoms with Crippen LogP contribution >= 0.6 is 11.3 Å². The highest BCUT2D eigenvalue weighted by molar-refractivity contribution is 7.07. The summed E-state index contributed by atoms with van der Waals surface area (Å²) in [4.78, 5) is 5.39. The van der Waals surface area contributed by atoms with Crippen molar-refractivity contribution in [1.82, 2.24) is 4.68 Å². The lowest BCUT2D eigenvalue weighted by Crippen LogP contribution is -2.14. The van der Waals surface area contributed by atoms with Crippen molar-refractivity contribution in [3.8, 4) is 17.2 Å². The van der Waals surface area contributed by atoms with Crippen molar-refractivity contribution < 1.29 is 9.52 Å². The van der Waals surface area contributed by atoms with Gasteiger partial charge in [-0.3, -0.25) is 4.99 Å². The zero-order valence-electron chi connectivity index (χ0n) is 12.9. The smallest absolute Gasteiger partial charge is 0.206 e. The third-order valence-corrected chi connectivity index (χ3v) is 3.85. The molecule has 2 aromatic heterocycles. The van der Waals surface area contributed by atoms with Gasteiger partial charge >= 0.3 is 0 Å². The van der Waals surface area contributed by atoms with Crippen LogP contribution in [0.2, 0.25) is 0 Å².